The Hall–Kier alpha value is -1.66. The Labute approximate surface area is 144 Å². The molecule has 2 N–H and O–H groups in total. The molecule has 2 rings (SSSR count). The van der Waals surface area contributed by atoms with Crippen LogP contribution in [0.1, 0.15) is 49.7 Å². The van der Waals surface area contributed by atoms with Gasteiger partial charge in [0, 0.05) is 24.4 Å². The summed E-state index contributed by atoms with van der Waals surface area (Å²) < 4.78 is 26.3. The fraction of sp³-hybridized carbons (Fsp3) is 0.500. The maximum atomic E-state index is 11.9. The van der Waals surface area contributed by atoms with E-state index in [-0.39, 0.29) is 24.9 Å². The van der Waals surface area contributed by atoms with Gasteiger partial charge in [0.25, 0.3) is 0 Å². The number of hydrogen-bond acceptors (Lipinski definition) is 3. The van der Waals surface area contributed by atoms with Crippen molar-refractivity contribution >= 4 is 22.0 Å². The van der Waals surface area contributed by atoms with Gasteiger partial charge in [0.1, 0.15) is 0 Å². The molecule has 0 unspecified atom stereocenters. The molecule has 0 saturated heterocycles. The van der Waals surface area contributed by atoms with Gasteiger partial charge in [-0.2, -0.15) is 0 Å². The standard InChI is InChI=1S/C18H26N2O3S/c1-15-7-9-16(10-8-15)12-14-24(22,23)19-13-11-18(21)20-17-5-3-2-4-6-17/h7-10,12,14,17,19H,2-6,11,13H2,1H3,(H,20,21)/b14-12+. The number of benzene rings is 1. The predicted molar refractivity (Wildman–Crippen MR) is 96.8 cm³/mol. The summed E-state index contributed by atoms with van der Waals surface area (Å²) in [5.74, 6) is -0.0906. The molecular weight excluding hydrogens is 324 g/mol. The smallest absolute Gasteiger partial charge is 0.233 e. The zero-order chi connectivity index (χ0) is 17.4. The quantitative estimate of drug-likeness (QED) is 0.794. The van der Waals surface area contributed by atoms with E-state index in [1.54, 1.807) is 6.08 Å². The molecule has 1 amide bonds. The first-order valence-electron chi connectivity index (χ1n) is 8.48. The normalized spacial score (nSPS) is 16.4. The van der Waals surface area contributed by atoms with E-state index in [1.807, 2.05) is 31.2 Å². The number of carbonyl (C=O) groups is 1. The van der Waals surface area contributed by atoms with Crippen LogP contribution in [0.15, 0.2) is 29.7 Å². The van der Waals surface area contributed by atoms with E-state index in [9.17, 15) is 13.2 Å². The van der Waals surface area contributed by atoms with Crippen LogP contribution >= 0.6 is 0 Å². The number of amides is 1. The lowest BCUT2D eigenvalue weighted by Gasteiger charge is -2.22. The third-order valence-corrected chi connectivity index (χ3v) is 5.24. The number of rotatable bonds is 7. The van der Waals surface area contributed by atoms with Crippen LogP contribution in [0.25, 0.3) is 6.08 Å². The monoisotopic (exact) mass is 350 g/mol. The minimum Gasteiger partial charge on any atom is -0.353 e. The summed E-state index contributed by atoms with van der Waals surface area (Å²) in [7, 11) is -3.53. The molecule has 0 atom stereocenters. The van der Waals surface area contributed by atoms with Crippen molar-refractivity contribution in [1.29, 1.82) is 0 Å². The molecular formula is C18H26N2O3S. The summed E-state index contributed by atoms with van der Waals surface area (Å²) >= 11 is 0. The molecule has 1 aromatic carbocycles. The van der Waals surface area contributed by atoms with Crippen molar-refractivity contribution < 1.29 is 13.2 Å². The van der Waals surface area contributed by atoms with E-state index in [2.05, 4.69) is 10.0 Å². The SMILES string of the molecule is Cc1ccc(/C=C/S(=O)(=O)NCCC(=O)NC2CCCCC2)cc1. The summed E-state index contributed by atoms with van der Waals surface area (Å²) in [5.41, 5.74) is 1.94. The van der Waals surface area contributed by atoms with Crippen molar-refractivity contribution in [1.82, 2.24) is 10.0 Å². The minimum atomic E-state index is -3.53. The predicted octanol–water partition coefficient (Wildman–Crippen LogP) is 2.72. The second kappa shape index (κ2) is 8.99. The molecule has 1 aliphatic rings. The van der Waals surface area contributed by atoms with Gasteiger partial charge in [-0.1, -0.05) is 49.1 Å². The van der Waals surface area contributed by atoms with Crippen LogP contribution in [0, 0.1) is 6.92 Å². The van der Waals surface area contributed by atoms with Gasteiger partial charge in [0.2, 0.25) is 15.9 Å². The van der Waals surface area contributed by atoms with Crippen molar-refractivity contribution in [3.8, 4) is 0 Å². The largest absolute Gasteiger partial charge is 0.353 e. The van der Waals surface area contributed by atoms with Gasteiger partial charge in [-0.25, -0.2) is 13.1 Å². The van der Waals surface area contributed by atoms with E-state index < -0.39 is 10.0 Å². The molecule has 24 heavy (non-hydrogen) atoms. The van der Waals surface area contributed by atoms with Crippen molar-refractivity contribution in [3.63, 3.8) is 0 Å². The highest BCUT2D eigenvalue weighted by Gasteiger charge is 2.15. The van der Waals surface area contributed by atoms with Crippen LogP contribution in [0.5, 0.6) is 0 Å². The molecule has 1 saturated carbocycles. The summed E-state index contributed by atoms with van der Waals surface area (Å²) in [6.07, 6.45) is 7.30. The highest BCUT2D eigenvalue weighted by Crippen LogP contribution is 2.17. The molecule has 132 valence electrons. The zero-order valence-electron chi connectivity index (χ0n) is 14.1. The molecule has 0 spiro atoms. The Morgan fingerprint density at radius 2 is 1.83 bits per heavy atom. The van der Waals surface area contributed by atoms with E-state index in [0.717, 1.165) is 42.2 Å². The molecule has 0 bridgehead atoms. The number of hydrogen-bond donors (Lipinski definition) is 2. The number of sulfonamides is 1. The Morgan fingerprint density at radius 1 is 1.17 bits per heavy atom. The molecule has 0 heterocycles. The first kappa shape index (κ1) is 18.7. The maximum Gasteiger partial charge on any atom is 0.233 e. The third kappa shape index (κ3) is 6.84. The minimum absolute atomic E-state index is 0.0906. The Balaban J connectivity index is 1.73. The number of aryl methyl sites for hydroxylation is 1. The van der Waals surface area contributed by atoms with Crippen LogP contribution in [0.3, 0.4) is 0 Å². The lowest BCUT2D eigenvalue weighted by atomic mass is 9.95. The van der Waals surface area contributed by atoms with Gasteiger partial charge in [-0.15, -0.1) is 0 Å². The fourth-order valence-corrected chi connectivity index (χ4v) is 3.57. The lowest BCUT2D eigenvalue weighted by molar-refractivity contribution is -0.121. The molecule has 1 aromatic rings. The molecule has 1 aliphatic carbocycles. The fourth-order valence-electron chi connectivity index (χ4n) is 2.75. The average molecular weight is 350 g/mol. The lowest BCUT2D eigenvalue weighted by Crippen LogP contribution is -2.37. The Kier molecular flexibility index (Phi) is 6.99. The second-order valence-corrected chi connectivity index (χ2v) is 7.96. The van der Waals surface area contributed by atoms with E-state index in [0.29, 0.717) is 0 Å². The maximum absolute atomic E-state index is 11.9. The van der Waals surface area contributed by atoms with Crippen LogP contribution in [0.2, 0.25) is 0 Å². The van der Waals surface area contributed by atoms with Gasteiger partial charge in [-0.05, 0) is 31.4 Å². The van der Waals surface area contributed by atoms with Crippen molar-refractivity contribution in [2.75, 3.05) is 6.54 Å². The van der Waals surface area contributed by atoms with Gasteiger partial charge < -0.3 is 5.32 Å². The van der Waals surface area contributed by atoms with Gasteiger partial charge in [0.15, 0.2) is 0 Å². The van der Waals surface area contributed by atoms with Crippen LogP contribution in [-0.2, 0) is 14.8 Å². The molecule has 6 heteroatoms. The summed E-state index contributed by atoms with van der Waals surface area (Å²) in [6, 6.07) is 7.83. The number of carbonyl (C=O) groups excluding carboxylic acids is 1. The summed E-state index contributed by atoms with van der Waals surface area (Å²) in [5, 5.41) is 4.11. The van der Waals surface area contributed by atoms with Crippen LogP contribution in [-0.4, -0.2) is 26.9 Å². The summed E-state index contributed by atoms with van der Waals surface area (Å²) in [6.45, 7) is 2.09. The highest BCUT2D eigenvalue weighted by molar-refractivity contribution is 7.92. The van der Waals surface area contributed by atoms with Gasteiger partial charge in [0.05, 0.1) is 0 Å². The zero-order valence-corrected chi connectivity index (χ0v) is 14.9. The van der Waals surface area contributed by atoms with Gasteiger partial charge >= 0.3 is 0 Å². The topological polar surface area (TPSA) is 75.3 Å². The van der Waals surface area contributed by atoms with Crippen molar-refractivity contribution in [2.45, 2.75) is 51.5 Å². The Morgan fingerprint density at radius 3 is 2.50 bits per heavy atom. The summed E-state index contributed by atoms with van der Waals surface area (Å²) in [4.78, 5) is 11.8. The molecule has 1 fully saturated rings. The molecule has 0 aliphatic heterocycles. The van der Waals surface area contributed by atoms with Crippen LogP contribution in [0.4, 0.5) is 0 Å². The van der Waals surface area contributed by atoms with E-state index in [1.165, 1.54) is 6.42 Å². The van der Waals surface area contributed by atoms with Crippen LogP contribution < -0.4 is 10.0 Å². The Bertz CT molecular complexity index is 660. The highest BCUT2D eigenvalue weighted by atomic mass is 32.2. The van der Waals surface area contributed by atoms with Crippen molar-refractivity contribution in [3.05, 3.63) is 40.8 Å². The average Bonchev–Trinajstić information content (AvgIpc) is 2.55. The third-order valence-electron chi connectivity index (χ3n) is 4.14. The first-order chi connectivity index (χ1) is 11.4. The molecule has 5 nitrogen and oxygen atoms in total. The molecule has 0 aromatic heterocycles. The van der Waals surface area contributed by atoms with E-state index >= 15 is 0 Å². The molecule has 0 radical (unpaired) electrons. The van der Waals surface area contributed by atoms with Crippen molar-refractivity contribution in [2.24, 2.45) is 0 Å². The number of nitrogens with one attached hydrogen (secondary N) is 2. The second-order valence-electron chi connectivity index (χ2n) is 6.31. The first-order valence-corrected chi connectivity index (χ1v) is 10.0. The van der Waals surface area contributed by atoms with E-state index in [4.69, 9.17) is 0 Å². The van der Waals surface area contributed by atoms with Gasteiger partial charge in [-0.3, -0.25) is 4.79 Å².